The van der Waals surface area contributed by atoms with Gasteiger partial charge in [-0.25, -0.2) is 8.42 Å². The van der Waals surface area contributed by atoms with Crippen LogP contribution in [0.5, 0.6) is 0 Å². The highest BCUT2D eigenvalue weighted by Crippen LogP contribution is 2.12. The zero-order valence-electron chi connectivity index (χ0n) is 13.3. The SMILES string of the molecule is CCCC(C(N)=S)N1CCN(CCS(=O)(=O)CCC)CC1. The summed E-state index contributed by atoms with van der Waals surface area (Å²) in [6, 6.07) is 0.191. The maximum Gasteiger partial charge on any atom is 0.151 e. The third kappa shape index (κ3) is 6.59. The van der Waals surface area contributed by atoms with Crippen LogP contribution in [0.15, 0.2) is 0 Å². The summed E-state index contributed by atoms with van der Waals surface area (Å²) in [6.07, 6.45) is 2.76. The molecule has 1 rings (SSSR count). The highest BCUT2D eigenvalue weighted by Gasteiger charge is 2.25. The Morgan fingerprint density at radius 1 is 1.14 bits per heavy atom. The van der Waals surface area contributed by atoms with Gasteiger partial charge in [-0.15, -0.1) is 0 Å². The molecule has 0 radical (unpaired) electrons. The molecule has 7 heteroatoms. The van der Waals surface area contributed by atoms with E-state index in [0.717, 1.165) is 39.0 Å². The zero-order chi connectivity index (χ0) is 15.9. The molecule has 0 aromatic rings. The fourth-order valence-corrected chi connectivity index (χ4v) is 4.39. The van der Waals surface area contributed by atoms with Gasteiger partial charge in [0.25, 0.3) is 0 Å². The van der Waals surface area contributed by atoms with Gasteiger partial charge >= 0.3 is 0 Å². The molecule has 1 aliphatic heterocycles. The van der Waals surface area contributed by atoms with E-state index in [-0.39, 0.29) is 11.8 Å². The first kappa shape index (κ1) is 18.8. The summed E-state index contributed by atoms with van der Waals surface area (Å²) in [5, 5.41) is 0. The predicted octanol–water partition coefficient (Wildman–Crippen LogP) is 0.884. The van der Waals surface area contributed by atoms with Crippen molar-refractivity contribution in [2.75, 3.05) is 44.2 Å². The Hall–Kier alpha value is -0.240. The first-order valence-electron chi connectivity index (χ1n) is 7.85. The molecule has 1 heterocycles. The van der Waals surface area contributed by atoms with Crippen molar-refractivity contribution in [3.63, 3.8) is 0 Å². The fourth-order valence-electron chi connectivity index (χ4n) is 2.76. The number of rotatable bonds is 9. The number of nitrogens with zero attached hydrogens (tertiary/aromatic N) is 2. The van der Waals surface area contributed by atoms with Gasteiger partial charge in [0.05, 0.1) is 16.8 Å². The van der Waals surface area contributed by atoms with E-state index in [1.165, 1.54) is 0 Å². The molecule has 1 saturated heterocycles. The molecule has 2 N–H and O–H groups in total. The van der Waals surface area contributed by atoms with Crippen LogP contribution in [0.1, 0.15) is 33.1 Å². The highest BCUT2D eigenvalue weighted by atomic mass is 32.2. The molecule has 0 aromatic heterocycles. The van der Waals surface area contributed by atoms with Gasteiger partial charge in [0.15, 0.2) is 9.84 Å². The predicted molar refractivity (Wildman–Crippen MR) is 92.4 cm³/mol. The van der Waals surface area contributed by atoms with Crippen molar-refractivity contribution in [2.45, 2.75) is 39.2 Å². The molecular formula is C14H29N3O2S2. The van der Waals surface area contributed by atoms with Gasteiger partial charge in [0, 0.05) is 38.5 Å². The molecule has 1 fully saturated rings. The minimum atomic E-state index is -2.88. The van der Waals surface area contributed by atoms with Crippen LogP contribution in [0.3, 0.4) is 0 Å². The maximum absolute atomic E-state index is 11.7. The lowest BCUT2D eigenvalue weighted by Crippen LogP contribution is -2.54. The molecular weight excluding hydrogens is 306 g/mol. The van der Waals surface area contributed by atoms with Crippen molar-refractivity contribution in [1.82, 2.24) is 9.80 Å². The van der Waals surface area contributed by atoms with Crippen LogP contribution in [-0.2, 0) is 9.84 Å². The molecule has 1 unspecified atom stereocenters. The third-order valence-corrected chi connectivity index (χ3v) is 6.08. The Kier molecular flexibility index (Phi) is 8.08. The number of thiocarbonyl (C=S) groups is 1. The highest BCUT2D eigenvalue weighted by molar-refractivity contribution is 7.91. The largest absolute Gasteiger partial charge is 0.392 e. The van der Waals surface area contributed by atoms with E-state index in [2.05, 4.69) is 16.7 Å². The van der Waals surface area contributed by atoms with E-state index in [1.54, 1.807) is 0 Å². The molecule has 0 amide bonds. The normalized spacial score (nSPS) is 19.5. The minimum Gasteiger partial charge on any atom is -0.392 e. The van der Waals surface area contributed by atoms with E-state index < -0.39 is 9.84 Å². The molecule has 21 heavy (non-hydrogen) atoms. The minimum absolute atomic E-state index is 0.191. The quantitative estimate of drug-likeness (QED) is 0.631. The van der Waals surface area contributed by atoms with Crippen LogP contribution < -0.4 is 5.73 Å². The summed E-state index contributed by atoms with van der Waals surface area (Å²) >= 11 is 5.16. The molecule has 0 aromatic carbocycles. The molecule has 124 valence electrons. The number of sulfone groups is 1. The van der Waals surface area contributed by atoms with Gasteiger partial charge in [-0.1, -0.05) is 32.5 Å². The second-order valence-corrected chi connectivity index (χ2v) is 8.51. The summed E-state index contributed by atoms with van der Waals surface area (Å²) in [5.41, 5.74) is 5.83. The second kappa shape index (κ2) is 9.02. The van der Waals surface area contributed by atoms with Gasteiger partial charge in [-0.05, 0) is 12.8 Å². The Labute approximate surface area is 134 Å². The van der Waals surface area contributed by atoms with Crippen LogP contribution in [0.25, 0.3) is 0 Å². The Balaban J connectivity index is 2.40. The van der Waals surface area contributed by atoms with E-state index >= 15 is 0 Å². The van der Waals surface area contributed by atoms with Crippen molar-refractivity contribution >= 4 is 27.0 Å². The fraction of sp³-hybridized carbons (Fsp3) is 0.929. The molecule has 0 bridgehead atoms. The summed E-state index contributed by atoms with van der Waals surface area (Å²) in [4.78, 5) is 5.14. The third-order valence-electron chi connectivity index (χ3n) is 3.97. The lowest BCUT2D eigenvalue weighted by Gasteiger charge is -2.38. The lowest BCUT2D eigenvalue weighted by molar-refractivity contribution is 0.119. The Bertz CT molecular complexity index is 418. The van der Waals surface area contributed by atoms with Gasteiger partial charge in [0.2, 0.25) is 0 Å². The van der Waals surface area contributed by atoms with E-state index in [4.69, 9.17) is 18.0 Å². The van der Waals surface area contributed by atoms with Gasteiger partial charge in [-0.2, -0.15) is 0 Å². The Morgan fingerprint density at radius 2 is 1.76 bits per heavy atom. The van der Waals surface area contributed by atoms with Crippen molar-refractivity contribution < 1.29 is 8.42 Å². The van der Waals surface area contributed by atoms with Gasteiger partial charge in [0.1, 0.15) is 0 Å². The summed E-state index contributed by atoms with van der Waals surface area (Å²) < 4.78 is 23.5. The number of nitrogens with two attached hydrogens (primary N) is 1. The molecule has 5 nitrogen and oxygen atoms in total. The van der Waals surface area contributed by atoms with Crippen LogP contribution in [-0.4, -0.2) is 73.5 Å². The first-order chi connectivity index (χ1) is 9.89. The summed E-state index contributed by atoms with van der Waals surface area (Å²) in [5.74, 6) is 0.571. The van der Waals surface area contributed by atoms with Gasteiger partial charge < -0.3 is 5.73 Å². The molecule has 1 aliphatic rings. The van der Waals surface area contributed by atoms with Crippen LogP contribution in [0.2, 0.25) is 0 Å². The second-order valence-electron chi connectivity index (χ2n) is 5.74. The Morgan fingerprint density at radius 3 is 2.24 bits per heavy atom. The number of piperazine rings is 1. The van der Waals surface area contributed by atoms with Crippen molar-refractivity contribution in [2.24, 2.45) is 5.73 Å². The standard InChI is InChI=1S/C14H29N3O2S2/c1-3-5-13(14(15)20)17-8-6-16(7-9-17)10-12-21(18,19)11-4-2/h13H,3-12H2,1-2H3,(H2,15,20). The van der Waals surface area contributed by atoms with Crippen LogP contribution >= 0.6 is 12.2 Å². The lowest BCUT2D eigenvalue weighted by atomic mass is 10.1. The van der Waals surface area contributed by atoms with Crippen molar-refractivity contribution in [1.29, 1.82) is 0 Å². The zero-order valence-corrected chi connectivity index (χ0v) is 14.9. The summed E-state index contributed by atoms with van der Waals surface area (Å²) in [6.45, 7) is 8.29. The average molecular weight is 336 g/mol. The summed E-state index contributed by atoms with van der Waals surface area (Å²) in [7, 11) is -2.88. The van der Waals surface area contributed by atoms with E-state index in [9.17, 15) is 8.42 Å². The van der Waals surface area contributed by atoms with Crippen molar-refractivity contribution in [3.05, 3.63) is 0 Å². The topological polar surface area (TPSA) is 66.6 Å². The molecule has 0 spiro atoms. The monoisotopic (exact) mass is 335 g/mol. The smallest absolute Gasteiger partial charge is 0.151 e. The first-order valence-corrected chi connectivity index (χ1v) is 10.1. The molecule has 0 saturated carbocycles. The van der Waals surface area contributed by atoms with Gasteiger partial charge in [-0.3, -0.25) is 9.80 Å². The molecule has 0 aliphatic carbocycles. The van der Waals surface area contributed by atoms with Crippen LogP contribution in [0, 0.1) is 0 Å². The van der Waals surface area contributed by atoms with E-state index in [1.807, 2.05) is 6.92 Å². The average Bonchev–Trinajstić information content (AvgIpc) is 2.43. The van der Waals surface area contributed by atoms with Crippen LogP contribution in [0.4, 0.5) is 0 Å². The number of hydrogen-bond donors (Lipinski definition) is 1. The number of hydrogen-bond acceptors (Lipinski definition) is 5. The molecule has 1 atom stereocenters. The van der Waals surface area contributed by atoms with E-state index in [0.29, 0.717) is 23.7 Å². The van der Waals surface area contributed by atoms with Crippen molar-refractivity contribution in [3.8, 4) is 0 Å². The maximum atomic E-state index is 11.7.